The number of rotatable bonds is 2. The van der Waals surface area contributed by atoms with E-state index in [1.807, 2.05) is 19.2 Å². The van der Waals surface area contributed by atoms with Crippen molar-refractivity contribution >= 4 is 17.3 Å². The van der Waals surface area contributed by atoms with Gasteiger partial charge in [-0.3, -0.25) is 0 Å². The van der Waals surface area contributed by atoms with Crippen molar-refractivity contribution in [2.45, 2.75) is 0 Å². The van der Waals surface area contributed by atoms with Crippen molar-refractivity contribution in [3.63, 3.8) is 0 Å². The zero-order valence-corrected chi connectivity index (χ0v) is 8.21. The first-order valence-electron chi connectivity index (χ1n) is 4.02. The Bertz CT molecular complexity index is 425. The number of halogens is 1. The molecule has 5 nitrogen and oxygen atoms in total. The molecule has 0 unspecified atom stereocenters. The van der Waals surface area contributed by atoms with Crippen molar-refractivity contribution in [2.75, 3.05) is 12.4 Å². The molecule has 2 aromatic rings. The number of hydrogen-bond donors (Lipinski definition) is 2. The molecule has 0 aliphatic rings. The second-order valence-electron chi connectivity index (χ2n) is 2.68. The third-order valence-electron chi connectivity index (χ3n) is 1.84. The largest absolute Gasteiger partial charge is 0.387 e. The molecular formula is C8H8ClN5. The molecule has 0 aliphatic heterocycles. The average molecular weight is 210 g/mol. The summed E-state index contributed by atoms with van der Waals surface area (Å²) in [6, 6.07) is 5.44. The highest BCUT2D eigenvalue weighted by Crippen LogP contribution is 2.27. The third kappa shape index (κ3) is 1.54. The van der Waals surface area contributed by atoms with E-state index in [2.05, 4.69) is 25.9 Å². The molecule has 2 rings (SSSR count). The molecule has 6 heteroatoms. The molecule has 1 heterocycles. The smallest absolute Gasteiger partial charge is 0.206 e. The number of aromatic amines is 1. The van der Waals surface area contributed by atoms with Crippen LogP contribution in [0.4, 0.5) is 5.69 Å². The monoisotopic (exact) mass is 209 g/mol. The minimum Gasteiger partial charge on any atom is -0.387 e. The number of nitrogens with one attached hydrogen (secondary N) is 2. The van der Waals surface area contributed by atoms with Crippen LogP contribution in [0.2, 0.25) is 5.02 Å². The molecule has 0 bridgehead atoms. The molecule has 0 amide bonds. The number of aromatic nitrogens is 4. The molecule has 0 fully saturated rings. The quantitative estimate of drug-likeness (QED) is 0.788. The Morgan fingerprint density at radius 2 is 2.29 bits per heavy atom. The van der Waals surface area contributed by atoms with E-state index in [1.54, 1.807) is 6.07 Å². The summed E-state index contributed by atoms with van der Waals surface area (Å²) < 4.78 is 0. The summed E-state index contributed by atoms with van der Waals surface area (Å²) in [5, 5.41) is 17.4. The van der Waals surface area contributed by atoms with Crippen molar-refractivity contribution < 1.29 is 0 Å². The van der Waals surface area contributed by atoms with Crippen LogP contribution in [-0.4, -0.2) is 27.7 Å². The number of hydrogen-bond acceptors (Lipinski definition) is 4. The van der Waals surface area contributed by atoms with Crippen LogP contribution in [0.5, 0.6) is 0 Å². The first-order valence-corrected chi connectivity index (χ1v) is 4.40. The molecule has 0 radical (unpaired) electrons. The number of benzene rings is 1. The lowest BCUT2D eigenvalue weighted by Crippen LogP contribution is -1.93. The van der Waals surface area contributed by atoms with Gasteiger partial charge in [0.15, 0.2) is 0 Å². The molecule has 0 saturated carbocycles. The van der Waals surface area contributed by atoms with Crippen molar-refractivity contribution in [3.8, 4) is 11.4 Å². The predicted octanol–water partition coefficient (Wildman–Crippen LogP) is 1.56. The summed E-state index contributed by atoms with van der Waals surface area (Å²) >= 11 is 5.85. The van der Waals surface area contributed by atoms with Crippen LogP contribution in [0.1, 0.15) is 0 Å². The number of anilines is 1. The first-order chi connectivity index (χ1) is 6.81. The van der Waals surface area contributed by atoms with Gasteiger partial charge in [0, 0.05) is 23.3 Å². The molecule has 1 aromatic carbocycles. The minimum absolute atomic E-state index is 0.547. The van der Waals surface area contributed by atoms with Crippen LogP contribution < -0.4 is 5.32 Å². The van der Waals surface area contributed by atoms with Crippen LogP contribution >= 0.6 is 11.6 Å². The van der Waals surface area contributed by atoms with Crippen molar-refractivity contribution in [1.82, 2.24) is 20.6 Å². The Morgan fingerprint density at radius 3 is 2.93 bits per heavy atom. The van der Waals surface area contributed by atoms with Gasteiger partial charge >= 0.3 is 0 Å². The van der Waals surface area contributed by atoms with Crippen LogP contribution in [-0.2, 0) is 0 Å². The molecule has 0 atom stereocenters. The van der Waals surface area contributed by atoms with Crippen LogP contribution in [0.25, 0.3) is 11.4 Å². The normalized spacial score (nSPS) is 10.1. The molecule has 72 valence electrons. The van der Waals surface area contributed by atoms with Crippen LogP contribution in [0, 0.1) is 0 Å². The Kier molecular flexibility index (Phi) is 2.32. The summed E-state index contributed by atoms with van der Waals surface area (Å²) in [7, 11) is 1.81. The SMILES string of the molecule is CNc1cc(Cl)ccc1-c1nn[nH]n1. The van der Waals surface area contributed by atoms with E-state index in [0.29, 0.717) is 10.8 Å². The van der Waals surface area contributed by atoms with Crippen LogP contribution in [0.3, 0.4) is 0 Å². The van der Waals surface area contributed by atoms with E-state index >= 15 is 0 Å². The summed E-state index contributed by atoms with van der Waals surface area (Å²) in [6.07, 6.45) is 0. The van der Waals surface area contributed by atoms with E-state index in [9.17, 15) is 0 Å². The van der Waals surface area contributed by atoms with Gasteiger partial charge in [-0.1, -0.05) is 11.6 Å². The Hall–Kier alpha value is -1.62. The standard InChI is InChI=1S/C8H8ClN5/c1-10-7-4-5(9)2-3-6(7)8-11-13-14-12-8/h2-4,10H,1H3,(H,11,12,13,14). The minimum atomic E-state index is 0.547. The third-order valence-corrected chi connectivity index (χ3v) is 2.07. The van der Waals surface area contributed by atoms with E-state index in [1.165, 1.54) is 0 Å². The van der Waals surface area contributed by atoms with E-state index < -0.39 is 0 Å². The second kappa shape index (κ2) is 3.63. The van der Waals surface area contributed by atoms with Gasteiger partial charge in [0.2, 0.25) is 5.82 Å². The van der Waals surface area contributed by atoms with Crippen LogP contribution in [0.15, 0.2) is 18.2 Å². The van der Waals surface area contributed by atoms with E-state index in [0.717, 1.165) is 11.3 Å². The summed E-state index contributed by atoms with van der Waals surface area (Å²) in [5.41, 5.74) is 1.74. The maximum absolute atomic E-state index is 5.85. The number of H-pyrrole nitrogens is 1. The Labute approximate surface area is 85.5 Å². The fourth-order valence-corrected chi connectivity index (χ4v) is 1.37. The highest BCUT2D eigenvalue weighted by molar-refractivity contribution is 6.31. The number of tetrazole rings is 1. The van der Waals surface area contributed by atoms with E-state index in [-0.39, 0.29) is 0 Å². The molecule has 0 aliphatic carbocycles. The van der Waals surface area contributed by atoms with Gasteiger partial charge in [-0.2, -0.15) is 5.21 Å². The molecule has 14 heavy (non-hydrogen) atoms. The molecular weight excluding hydrogens is 202 g/mol. The summed E-state index contributed by atoms with van der Waals surface area (Å²) in [4.78, 5) is 0. The fraction of sp³-hybridized carbons (Fsp3) is 0.125. The van der Waals surface area contributed by atoms with Crippen molar-refractivity contribution in [2.24, 2.45) is 0 Å². The zero-order valence-electron chi connectivity index (χ0n) is 7.45. The van der Waals surface area contributed by atoms with Gasteiger partial charge in [0.25, 0.3) is 0 Å². The van der Waals surface area contributed by atoms with Gasteiger partial charge in [0.05, 0.1) is 0 Å². The summed E-state index contributed by atoms with van der Waals surface area (Å²) in [5.74, 6) is 0.547. The fourth-order valence-electron chi connectivity index (χ4n) is 1.19. The average Bonchev–Trinajstić information content (AvgIpc) is 2.70. The van der Waals surface area contributed by atoms with Crippen molar-refractivity contribution in [3.05, 3.63) is 23.2 Å². The second-order valence-corrected chi connectivity index (χ2v) is 3.11. The zero-order chi connectivity index (χ0) is 9.97. The molecule has 1 aromatic heterocycles. The van der Waals surface area contributed by atoms with Gasteiger partial charge in [-0.05, 0) is 23.4 Å². The van der Waals surface area contributed by atoms with E-state index in [4.69, 9.17) is 11.6 Å². The lowest BCUT2D eigenvalue weighted by atomic mass is 10.1. The van der Waals surface area contributed by atoms with Gasteiger partial charge in [-0.25, -0.2) is 0 Å². The molecule has 0 saturated heterocycles. The highest BCUT2D eigenvalue weighted by atomic mass is 35.5. The Morgan fingerprint density at radius 1 is 1.43 bits per heavy atom. The first kappa shape index (κ1) is 8.96. The van der Waals surface area contributed by atoms with Gasteiger partial charge in [0.1, 0.15) is 0 Å². The maximum atomic E-state index is 5.85. The lowest BCUT2D eigenvalue weighted by Gasteiger charge is -2.05. The van der Waals surface area contributed by atoms with Gasteiger partial charge in [-0.15, -0.1) is 10.2 Å². The number of nitrogens with zero attached hydrogens (tertiary/aromatic N) is 3. The van der Waals surface area contributed by atoms with Gasteiger partial charge < -0.3 is 5.32 Å². The Balaban J connectivity index is 2.53. The lowest BCUT2D eigenvalue weighted by molar-refractivity contribution is 0.881. The van der Waals surface area contributed by atoms with Crippen molar-refractivity contribution in [1.29, 1.82) is 0 Å². The topological polar surface area (TPSA) is 66.5 Å². The highest BCUT2D eigenvalue weighted by Gasteiger charge is 2.08. The predicted molar refractivity (Wildman–Crippen MR) is 54.2 cm³/mol. The molecule has 2 N–H and O–H groups in total. The maximum Gasteiger partial charge on any atom is 0.206 e. The molecule has 0 spiro atoms. The summed E-state index contributed by atoms with van der Waals surface area (Å²) in [6.45, 7) is 0.